The summed E-state index contributed by atoms with van der Waals surface area (Å²) in [4.78, 5) is 29.2. The Balaban J connectivity index is 1.48. The van der Waals surface area contributed by atoms with Crippen molar-refractivity contribution in [3.63, 3.8) is 0 Å². The number of nitrogens with zero attached hydrogens (tertiary/aromatic N) is 2. The SMILES string of the molecule is Cc1ccc(CN2CCCN(c3cccc(NC(=O)c4cccc(F)c4)c3)C2=O)cc1C. The molecule has 1 saturated heterocycles. The molecule has 164 valence electrons. The highest BCUT2D eigenvalue weighted by atomic mass is 19.1. The minimum atomic E-state index is -0.464. The number of halogens is 1. The third-order valence-corrected chi connectivity index (χ3v) is 5.76. The van der Waals surface area contributed by atoms with E-state index in [0.717, 1.165) is 17.7 Å². The predicted octanol–water partition coefficient (Wildman–Crippen LogP) is 5.53. The maximum atomic E-state index is 13.4. The third-order valence-electron chi connectivity index (χ3n) is 5.76. The van der Waals surface area contributed by atoms with Crippen molar-refractivity contribution >= 4 is 23.3 Å². The zero-order chi connectivity index (χ0) is 22.7. The number of amides is 3. The zero-order valence-corrected chi connectivity index (χ0v) is 18.3. The van der Waals surface area contributed by atoms with Crippen molar-refractivity contribution in [2.75, 3.05) is 23.3 Å². The molecule has 1 heterocycles. The van der Waals surface area contributed by atoms with Crippen molar-refractivity contribution < 1.29 is 14.0 Å². The Bertz CT molecular complexity index is 1160. The third kappa shape index (κ3) is 4.80. The fraction of sp³-hybridized carbons (Fsp3) is 0.231. The van der Waals surface area contributed by atoms with E-state index >= 15 is 0 Å². The van der Waals surface area contributed by atoms with E-state index in [1.807, 2.05) is 11.0 Å². The zero-order valence-electron chi connectivity index (χ0n) is 18.3. The summed E-state index contributed by atoms with van der Waals surface area (Å²) in [5.74, 6) is -0.864. The van der Waals surface area contributed by atoms with E-state index in [1.54, 1.807) is 29.2 Å². The number of anilines is 2. The van der Waals surface area contributed by atoms with Gasteiger partial charge in [0.2, 0.25) is 0 Å². The number of carbonyl (C=O) groups excluding carboxylic acids is 2. The van der Waals surface area contributed by atoms with Crippen molar-refractivity contribution in [3.8, 4) is 0 Å². The quantitative estimate of drug-likeness (QED) is 0.578. The van der Waals surface area contributed by atoms with Crippen LogP contribution in [0.4, 0.5) is 20.6 Å². The first-order valence-electron chi connectivity index (χ1n) is 10.7. The van der Waals surface area contributed by atoms with Gasteiger partial charge in [0.25, 0.3) is 5.91 Å². The molecule has 5 nitrogen and oxygen atoms in total. The highest BCUT2D eigenvalue weighted by molar-refractivity contribution is 6.04. The molecule has 1 fully saturated rings. The van der Waals surface area contributed by atoms with Crippen LogP contribution in [0.2, 0.25) is 0 Å². The van der Waals surface area contributed by atoms with E-state index in [2.05, 4.69) is 37.4 Å². The lowest BCUT2D eigenvalue weighted by atomic mass is 10.1. The molecule has 3 amide bonds. The highest BCUT2D eigenvalue weighted by Gasteiger charge is 2.27. The molecule has 0 bridgehead atoms. The van der Waals surface area contributed by atoms with E-state index in [1.165, 1.54) is 29.3 Å². The van der Waals surface area contributed by atoms with Gasteiger partial charge >= 0.3 is 6.03 Å². The first kappa shape index (κ1) is 21.6. The molecule has 0 saturated carbocycles. The molecular weight excluding hydrogens is 405 g/mol. The van der Waals surface area contributed by atoms with E-state index in [0.29, 0.717) is 25.3 Å². The van der Waals surface area contributed by atoms with Crippen LogP contribution < -0.4 is 10.2 Å². The van der Waals surface area contributed by atoms with Gasteiger partial charge in [0.1, 0.15) is 5.82 Å². The van der Waals surface area contributed by atoms with Crippen LogP contribution in [-0.4, -0.2) is 29.9 Å². The summed E-state index contributed by atoms with van der Waals surface area (Å²) in [7, 11) is 0. The second-order valence-electron chi connectivity index (χ2n) is 8.14. The number of hydrogen-bond donors (Lipinski definition) is 1. The fourth-order valence-corrected chi connectivity index (χ4v) is 3.87. The van der Waals surface area contributed by atoms with E-state index in [4.69, 9.17) is 0 Å². The van der Waals surface area contributed by atoms with Crippen LogP contribution in [0.1, 0.15) is 33.5 Å². The van der Waals surface area contributed by atoms with Crippen molar-refractivity contribution in [1.82, 2.24) is 4.90 Å². The van der Waals surface area contributed by atoms with Crippen LogP contribution in [0, 0.1) is 19.7 Å². The Morgan fingerprint density at radius 2 is 1.78 bits per heavy atom. The molecule has 0 aromatic heterocycles. The van der Waals surface area contributed by atoms with Crippen molar-refractivity contribution in [2.45, 2.75) is 26.8 Å². The summed E-state index contributed by atoms with van der Waals surface area (Å²) >= 11 is 0. The normalized spacial score (nSPS) is 13.9. The first-order valence-corrected chi connectivity index (χ1v) is 10.7. The summed E-state index contributed by atoms with van der Waals surface area (Å²) in [6, 6.07) is 18.9. The Hall–Kier alpha value is -3.67. The number of urea groups is 1. The average Bonchev–Trinajstić information content (AvgIpc) is 2.78. The second kappa shape index (κ2) is 9.22. The minimum absolute atomic E-state index is 0.0527. The Kier molecular flexibility index (Phi) is 6.21. The van der Waals surface area contributed by atoms with E-state index in [9.17, 15) is 14.0 Å². The van der Waals surface area contributed by atoms with Crippen LogP contribution in [-0.2, 0) is 6.54 Å². The Morgan fingerprint density at radius 3 is 2.56 bits per heavy atom. The summed E-state index contributed by atoms with van der Waals surface area (Å²) in [6.07, 6.45) is 0.858. The van der Waals surface area contributed by atoms with Gasteiger partial charge in [0.05, 0.1) is 0 Å². The predicted molar refractivity (Wildman–Crippen MR) is 124 cm³/mol. The molecule has 1 N–H and O–H groups in total. The van der Waals surface area contributed by atoms with Gasteiger partial charge < -0.3 is 10.2 Å². The number of hydrogen-bond acceptors (Lipinski definition) is 2. The lowest BCUT2D eigenvalue weighted by Gasteiger charge is -2.36. The molecule has 1 aliphatic heterocycles. The molecule has 1 aliphatic rings. The lowest BCUT2D eigenvalue weighted by molar-refractivity contribution is 0.102. The summed E-state index contributed by atoms with van der Waals surface area (Å²) in [6.45, 7) is 6.04. The average molecular weight is 432 g/mol. The molecule has 6 heteroatoms. The first-order chi connectivity index (χ1) is 15.4. The molecule has 3 aromatic carbocycles. The fourth-order valence-electron chi connectivity index (χ4n) is 3.87. The van der Waals surface area contributed by atoms with Crippen molar-refractivity contribution in [1.29, 1.82) is 0 Å². The Morgan fingerprint density at radius 1 is 0.969 bits per heavy atom. The number of benzene rings is 3. The molecule has 0 radical (unpaired) electrons. The monoisotopic (exact) mass is 431 g/mol. The molecule has 0 aliphatic carbocycles. The molecule has 0 unspecified atom stereocenters. The second-order valence-corrected chi connectivity index (χ2v) is 8.14. The molecule has 0 spiro atoms. The largest absolute Gasteiger partial charge is 0.324 e. The number of carbonyl (C=O) groups is 2. The van der Waals surface area contributed by atoms with Gasteiger partial charge in [-0.05, 0) is 73.4 Å². The van der Waals surface area contributed by atoms with Gasteiger partial charge in [0, 0.05) is 36.6 Å². The lowest BCUT2D eigenvalue weighted by Crippen LogP contribution is -2.49. The molecule has 3 aromatic rings. The topological polar surface area (TPSA) is 52.6 Å². The maximum Gasteiger partial charge on any atom is 0.324 e. The molecule has 4 rings (SSSR count). The Labute approximate surface area is 187 Å². The summed E-state index contributed by atoms with van der Waals surface area (Å²) < 4.78 is 13.4. The van der Waals surface area contributed by atoms with E-state index < -0.39 is 11.7 Å². The van der Waals surface area contributed by atoms with Crippen LogP contribution in [0.5, 0.6) is 0 Å². The van der Waals surface area contributed by atoms with Gasteiger partial charge in [0.15, 0.2) is 0 Å². The minimum Gasteiger partial charge on any atom is -0.322 e. The number of rotatable bonds is 5. The summed E-state index contributed by atoms with van der Waals surface area (Å²) in [5, 5.41) is 2.79. The standard InChI is InChI=1S/C26H26FN3O2/c1-18-10-11-20(14-19(18)2)17-29-12-5-13-30(26(29)32)24-9-4-8-23(16-24)28-25(31)21-6-3-7-22(27)15-21/h3-4,6-11,14-16H,5,12-13,17H2,1-2H3,(H,28,31). The van der Waals surface area contributed by atoms with Gasteiger partial charge in [-0.3, -0.25) is 9.69 Å². The molecule has 32 heavy (non-hydrogen) atoms. The molecular formula is C26H26FN3O2. The summed E-state index contributed by atoms with van der Waals surface area (Å²) in [5.41, 5.74) is 5.07. The van der Waals surface area contributed by atoms with Gasteiger partial charge in [-0.25, -0.2) is 9.18 Å². The van der Waals surface area contributed by atoms with Crippen molar-refractivity contribution in [2.24, 2.45) is 0 Å². The molecule has 0 atom stereocenters. The number of nitrogens with one attached hydrogen (secondary N) is 1. The van der Waals surface area contributed by atoms with Gasteiger partial charge in [-0.1, -0.05) is 30.3 Å². The van der Waals surface area contributed by atoms with Gasteiger partial charge in [-0.15, -0.1) is 0 Å². The maximum absolute atomic E-state index is 13.4. The smallest absolute Gasteiger partial charge is 0.322 e. The van der Waals surface area contributed by atoms with Crippen LogP contribution in [0.15, 0.2) is 66.7 Å². The van der Waals surface area contributed by atoms with Gasteiger partial charge in [-0.2, -0.15) is 0 Å². The number of aryl methyl sites for hydroxylation is 2. The van der Waals surface area contributed by atoms with Crippen LogP contribution >= 0.6 is 0 Å². The highest BCUT2D eigenvalue weighted by Crippen LogP contribution is 2.25. The van der Waals surface area contributed by atoms with E-state index in [-0.39, 0.29) is 11.6 Å². The van der Waals surface area contributed by atoms with Crippen molar-refractivity contribution in [3.05, 3.63) is 94.8 Å². The van der Waals surface area contributed by atoms with Crippen LogP contribution in [0.3, 0.4) is 0 Å². The van der Waals surface area contributed by atoms with Crippen LogP contribution in [0.25, 0.3) is 0 Å².